The number of rotatable bonds is 0. The molecule has 0 aromatic carbocycles. The van der Waals surface area contributed by atoms with Crippen LogP contribution in [-0.2, 0) is 0 Å². The molecule has 2 aliphatic rings. The van der Waals surface area contributed by atoms with E-state index >= 15 is 0 Å². The van der Waals surface area contributed by atoms with Crippen LogP contribution in [0.5, 0.6) is 0 Å². The maximum absolute atomic E-state index is 9.42. The molecule has 0 saturated heterocycles. The van der Waals surface area contributed by atoms with Gasteiger partial charge in [0.25, 0.3) is 0 Å². The number of aliphatic hydroxyl groups excluding tert-OH is 1. The molecule has 0 unspecified atom stereocenters. The molecule has 2 bridgehead atoms. The molecule has 0 heterocycles. The molecule has 3 N–H and O–H groups in total. The Labute approximate surface area is 55.1 Å². The second-order valence-corrected chi connectivity index (χ2v) is 3.39. The molecule has 2 heteroatoms. The van der Waals surface area contributed by atoms with Crippen LogP contribution in [0, 0.1) is 11.8 Å². The predicted molar refractivity (Wildman–Crippen MR) is 34.8 cm³/mol. The zero-order valence-corrected chi connectivity index (χ0v) is 5.46. The van der Waals surface area contributed by atoms with E-state index in [4.69, 9.17) is 5.73 Å². The highest BCUT2D eigenvalue weighted by atomic mass is 16.3. The summed E-state index contributed by atoms with van der Waals surface area (Å²) in [6.45, 7) is 0. The fraction of sp³-hybridized carbons (Fsp3) is 1.00. The van der Waals surface area contributed by atoms with E-state index in [1.807, 2.05) is 0 Å². The van der Waals surface area contributed by atoms with E-state index < -0.39 is 0 Å². The Bertz CT molecular complexity index is 126. The first-order valence-corrected chi connectivity index (χ1v) is 3.72. The maximum Gasteiger partial charge on any atom is 0.0611 e. The minimum atomic E-state index is -0.0556. The van der Waals surface area contributed by atoms with Gasteiger partial charge in [-0.05, 0) is 25.2 Å². The molecule has 0 aliphatic heterocycles. The van der Waals surface area contributed by atoms with Gasteiger partial charge >= 0.3 is 0 Å². The Morgan fingerprint density at radius 1 is 1.33 bits per heavy atom. The molecule has 2 saturated carbocycles. The summed E-state index contributed by atoms with van der Waals surface area (Å²) in [6.07, 6.45) is 3.37. The van der Waals surface area contributed by atoms with Crippen LogP contribution >= 0.6 is 0 Å². The fourth-order valence-electron chi connectivity index (χ4n) is 2.35. The van der Waals surface area contributed by atoms with Crippen molar-refractivity contribution in [2.75, 3.05) is 0 Å². The quantitative estimate of drug-likeness (QED) is 0.485. The SMILES string of the molecule is N[C@@H]1C[C@H]2CC[C@@H]1[C@H]2O. The van der Waals surface area contributed by atoms with Gasteiger partial charge in [-0.2, -0.15) is 0 Å². The molecular formula is C7H13NO. The highest BCUT2D eigenvalue weighted by Crippen LogP contribution is 2.43. The highest BCUT2D eigenvalue weighted by molar-refractivity contribution is 4.98. The molecule has 0 aromatic rings. The second-order valence-electron chi connectivity index (χ2n) is 3.39. The van der Waals surface area contributed by atoms with Gasteiger partial charge in [-0.3, -0.25) is 0 Å². The largest absolute Gasteiger partial charge is 0.392 e. The summed E-state index contributed by atoms with van der Waals surface area (Å²) in [4.78, 5) is 0. The summed E-state index contributed by atoms with van der Waals surface area (Å²) in [7, 11) is 0. The first-order valence-electron chi connectivity index (χ1n) is 3.72. The summed E-state index contributed by atoms with van der Waals surface area (Å²) in [5.74, 6) is 0.986. The standard InChI is InChI=1S/C7H13NO/c8-6-3-4-1-2-5(6)7(4)9/h4-7,9H,1-3,8H2/t4-,5+,6-,7+/m1/s1. The highest BCUT2D eigenvalue weighted by Gasteiger charge is 2.45. The van der Waals surface area contributed by atoms with Crippen molar-refractivity contribution in [3.63, 3.8) is 0 Å². The predicted octanol–water partition coefficient (Wildman–Crippen LogP) is 0.104. The monoisotopic (exact) mass is 127 g/mol. The van der Waals surface area contributed by atoms with Gasteiger partial charge in [0, 0.05) is 12.0 Å². The molecule has 52 valence electrons. The second kappa shape index (κ2) is 1.70. The van der Waals surface area contributed by atoms with Gasteiger partial charge in [-0.15, -0.1) is 0 Å². The first-order chi connectivity index (χ1) is 4.29. The van der Waals surface area contributed by atoms with Crippen LogP contribution in [0.15, 0.2) is 0 Å². The van der Waals surface area contributed by atoms with Crippen molar-refractivity contribution in [1.29, 1.82) is 0 Å². The van der Waals surface area contributed by atoms with Crippen LogP contribution in [0.25, 0.3) is 0 Å². The summed E-state index contributed by atoms with van der Waals surface area (Å²) >= 11 is 0. The third-order valence-electron chi connectivity index (χ3n) is 2.92. The average molecular weight is 127 g/mol. The zero-order valence-electron chi connectivity index (χ0n) is 5.46. The van der Waals surface area contributed by atoms with Gasteiger partial charge in [-0.1, -0.05) is 0 Å². The van der Waals surface area contributed by atoms with Crippen LogP contribution in [0.3, 0.4) is 0 Å². The third kappa shape index (κ3) is 0.634. The van der Waals surface area contributed by atoms with Crippen molar-refractivity contribution in [2.45, 2.75) is 31.4 Å². The van der Waals surface area contributed by atoms with Gasteiger partial charge in [0.15, 0.2) is 0 Å². The molecule has 0 radical (unpaired) electrons. The van der Waals surface area contributed by atoms with Gasteiger partial charge in [-0.25, -0.2) is 0 Å². The topological polar surface area (TPSA) is 46.2 Å². The van der Waals surface area contributed by atoms with E-state index in [9.17, 15) is 5.11 Å². The van der Waals surface area contributed by atoms with Crippen molar-refractivity contribution in [3.05, 3.63) is 0 Å². The number of hydrogen-bond acceptors (Lipinski definition) is 2. The Balaban J connectivity index is 2.16. The minimum Gasteiger partial charge on any atom is -0.392 e. The van der Waals surface area contributed by atoms with Gasteiger partial charge in [0.05, 0.1) is 6.10 Å². The van der Waals surface area contributed by atoms with E-state index in [2.05, 4.69) is 0 Å². The van der Waals surface area contributed by atoms with E-state index in [1.54, 1.807) is 0 Å². The molecule has 2 fully saturated rings. The molecule has 4 atom stereocenters. The normalized spacial score (nSPS) is 56.7. The molecule has 0 aromatic heterocycles. The molecule has 0 spiro atoms. The summed E-state index contributed by atoms with van der Waals surface area (Å²) in [5, 5.41) is 9.42. The number of nitrogens with two attached hydrogens (primary N) is 1. The Morgan fingerprint density at radius 3 is 2.33 bits per heavy atom. The summed E-state index contributed by atoms with van der Waals surface area (Å²) in [5.41, 5.74) is 5.75. The van der Waals surface area contributed by atoms with Crippen LogP contribution in [0.4, 0.5) is 0 Å². The molecule has 0 amide bonds. The van der Waals surface area contributed by atoms with E-state index in [-0.39, 0.29) is 6.10 Å². The van der Waals surface area contributed by atoms with Crippen molar-refractivity contribution in [3.8, 4) is 0 Å². The van der Waals surface area contributed by atoms with Gasteiger partial charge in [0.1, 0.15) is 0 Å². The van der Waals surface area contributed by atoms with Crippen molar-refractivity contribution >= 4 is 0 Å². The zero-order chi connectivity index (χ0) is 6.43. The van der Waals surface area contributed by atoms with Crippen LogP contribution in [-0.4, -0.2) is 17.3 Å². The lowest BCUT2D eigenvalue weighted by Gasteiger charge is -2.15. The molecule has 9 heavy (non-hydrogen) atoms. The lowest BCUT2D eigenvalue weighted by molar-refractivity contribution is 0.126. The Kier molecular flexibility index (Phi) is 1.08. The van der Waals surface area contributed by atoms with Crippen molar-refractivity contribution < 1.29 is 5.11 Å². The van der Waals surface area contributed by atoms with E-state index in [0.29, 0.717) is 17.9 Å². The molecule has 2 aliphatic carbocycles. The third-order valence-corrected chi connectivity index (χ3v) is 2.92. The minimum absolute atomic E-state index is 0.0556. The van der Waals surface area contributed by atoms with Crippen molar-refractivity contribution in [1.82, 2.24) is 0 Å². The molecule has 2 rings (SSSR count). The Morgan fingerprint density at radius 2 is 2.11 bits per heavy atom. The fourth-order valence-corrected chi connectivity index (χ4v) is 2.35. The van der Waals surface area contributed by atoms with Gasteiger partial charge in [0.2, 0.25) is 0 Å². The number of hydrogen-bond donors (Lipinski definition) is 2. The summed E-state index contributed by atoms with van der Waals surface area (Å²) < 4.78 is 0. The van der Waals surface area contributed by atoms with Crippen molar-refractivity contribution in [2.24, 2.45) is 17.6 Å². The number of fused-ring (bicyclic) bond motifs is 2. The van der Waals surface area contributed by atoms with E-state index in [0.717, 1.165) is 12.8 Å². The summed E-state index contributed by atoms with van der Waals surface area (Å²) in [6, 6.07) is 0.304. The van der Waals surface area contributed by atoms with Crippen LogP contribution in [0.2, 0.25) is 0 Å². The van der Waals surface area contributed by atoms with E-state index in [1.165, 1.54) is 6.42 Å². The smallest absolute Gasteiger partial charge is 0.0611 e. The lowest BCUT2D eigenvalue weighted by atomic mass is 9.96. The Hall–Kier alpha value is -0.0800. The van der Waals surface area contributed by atoms with Crippen LogP contribution < -0.4 is 5.73 Å². The first kappa shape index (κ1) is 5.69. The lowest BCUT2D eigenvalue weighted by Crippen LogP contribution is -2.28. The molecular weight excluding hydrogens is 114 g/mol. The number of aliphatic hydroxyl groups is 1. The van der Waals surface area contributed by atoms with Crippen LogP contribution in [0.1, 0.15) is 19.3 Å². The van der Waals surface area contributed by atoms with Gasteiger partial charge < -0.3 is 10.8 Å². The average Bonchev–Trinajstić information content (AvgIpc) is 2.25. The maximum atomic E-state index is 9.42. The molecule has 2 nitrogen and oxygen atoms in total.